The van der Waals surface area contributed by atoms with Crippen LogP contribution in [-0.2, 0) is 6.54 Å². The Morgan fingerprint density at radius 3 is 2.29 bits per heavy atom. The quantitative estimate of drug-likeness (QED) is 0.414. The largest absolute Gasteiger partial charge is 0.364 e. The molecule has 2 aromatic heterocycles. The van der Waals surface area contributed by atoms with E-state index in [0.717, 1.165) is 5.56 Å². The van der Waals surface area contributed by atoms with E-state index in [4.69, 9.17) is 17.3 Å². The van der Waals surface area contributed by atoms with Gasteiger partial charge >= 0.3 is 5.69 Å². The van der Waals surface area contributed by atoms with E-state index in [1.54, 1.807) is 24.3 Å². The van der Waals surface area contributed by atoms with Crippen LogP contribution >= 0.6 is 11.6 Å². The smallest absolute Gasteiger partial charge is 0.335 e. The molecule has 0 aliphatic rings. The Morgan fingerprint density at radius 1 is 0.941 bits per heavy atom. The predicted molar refractivity (Wildman–Crippen MR) is 128 cm³/mol. The molecule has 1 amide bonds. The molecule has 34 heavy (non-hydrogen) atoms. The minimum absolute atomic E-state index is 0.117. The number of fused-ring (bicyclic) bond motifs is 1. The molecule has 0 atom stereocenters. The van der Waals surface area contributed by atoms with E-state index in [0.29, 0.717) is 16.3 Å². The van der Waals surface area contributed by atoms with Crippen molar-refractivity contribution in [1.29, 1.82) is 0 Å². The number of primary amides is 1. The van der Waals surface area contributed by atoms with E-state index >= 15 is 0 Å². The Hall–Kier alpha value is -4.30. The molecule has 9 heteroatoms. The summed E-state index contributed by atoms with van der Waals surface area (Å²) >= 11 is 6.35. The van der Waals surface area contributed by atoms with Gasteiger partial charge in [-0.15, -0.1) is 0 Å². The summed E-state index contributed by atoms with van der Waals surface area (Å²) in [5.41, 5.74) is 7.14. The fourth-order valence-corrected chi connectivity index (χ4v) is 4.05. The Kier molecular flexibility index (Phi) is 5.43. The highest BCUT2D eigenvalue weighted by Crippen LogP contribution is 2.28. The fraction of sp³-hybridized carbons (Fsp3) is 0.0400. The second-order valence-corrected chi connectivity index (χ2v) is 7.99. The number of imidazole rings is 1. The third kappa shape index (κ3) is 3.74. The Labute approximate surface area is 197 Å². The van der Waals surface area contributed by atoms with E-state index in [-0.39, 0.29) is 29.2 Å². The summed E-state index contributed by atoms with van der Waals surface area (Å²) < 4.78 is 16.3. The van der Waals surface area contributed by atoms with Crippen LogP contribution < -0.4 is 11.4 Å². The third-order valence-corrected chi connectivity index (χ3v) is 5.72. The molecule has 0 unspecified atom stereocenters. The summed E-state index contributed by atoms with van der Waals surface area (Å²) in [6.07, 6.45) is 0. The van der Waals surface area contributed by atoms with E-state index in [1.807, 2.05) is 30.3 Å². The van der Waals surface area contributed by atoms with Crippen LogP contribution in [0.4, 0.5) is 4.39 Å². The molecule has 7 nitrogen and oxygen atoms in total. The van der Waals surface area contributed by atoms with Crippen molar-refractivity contribution < 1.29 is 9.18 Å². The van der Waals surface area contributed by atoms with Gasteiger partial charge in [0.1, 0.15) is 11.3 Å². The van der Waals surface area contributed by atoms with Gasteiger partial charge in [-0.3, -0.25) is 9.36 Å². The van der Waals surface area contributed by atoms with Gasteiger partial charge in [0, 0.05) is 5.56 Å². The van der Waals surface area contributed by atoms with Crippen molar-refractivity contribution in [1.82, 2.24) is 19.1 Å². The maximum absolute atomic E-state index is 13.7. The van der Waals surface area contributed by atoms with Gasteiger partial charge in [0.25, 0.3) is 5.91 Å². The number of rotatable bonds is 5. The first-order chi connectivity index (χ1) is 16.4. The SMILES string of the molecule is NC(=O)c1nc(-c2ccccc2Cl)nc2c1n(Cc1ccccc1)c(=O)n2-c1ccc(F)cc1. The lowest BCUT2D eigenvalue weighted by atomic mass is 10.2. The van der Waals surface area contributed by atoms with Crippen molar-refractivity contribution in [3.8, 4) is 17.1 Å². The predicted octanol–water partition coefficient (Wildman–Crippen LogP) is 4.19. The topological polar surface area (TPSA) is 95.8 Å². The van der Waals surface area contributed by atoms with Crippen LogP contribution in [0.1, 0.15) is 16.1 Å². The second kappa shape index (κ2) is 8.57. The number of benzene rings is 3. The summed E-state index contributed by atoms with van der Waals surface area (Å²) in [6, 6.07) is 21.6. The molecule has 2 heterocycles. The van der Waals surface area contributed by atoms with Gasteiger partial charge in [0.05, 0.1) is 17.3 Å². The van der Waals surface area contributed by atoms with Gasteiger partial charge in [0.15, 0.2) is 17.2 Å². The van der Waals surface area contributed by atoms with Crippen LogP contribution in [0.5, 0.6) is 0 Å². The van der Waals surface area contributed by atoms with Crippen molar-refractivity contribution in [3.05, 3.63) is 111 Å². The maximum atomic E-state index is 13.7. The number of aromatic nitrogens is 4. The fourth-order valence-electron chi connectivity index (χ4n) is 3.82. The van der Waals surface area contributed by atoms with E-state index in [1.165, 1.54) is 33.4 Å². The minimum Gasteiger partial charge on any atom is -0.364 e. The monoisotopic (exact) mass is 473 g/mol. The maximum Gasteiger partial charge on any atom is 0.335 e. The summed E-state index contributed by atoms with van der Waals surface area (Å²) in [5, 5.41) is 0.372. The number of hydrogen-bond acceptors (Lipinski definition) is 4. The van der Waals surface area contributed by atoms with Crippen LogP contribution in [-0.4, -0.2) is 25.0 Å². The molecule has 0 saturated heterocycles. The second-order valence-electron chi connectivity index (χ2n) is 7.58. The normalized spacial score (nSPS) is 11.1. The molecule has 0 spiro atoms. The standard InChI is InChI=1S/C25H17ClFN5O2/c26-19-9-5-4-8-18(19)23-29-20(22(28)33)21-24(30-23)32(17-12-10-16(27)11-13-17)25(34)31(21)14-15-6-2-1-3-7-15/h1-13H,14H2,(H2,28,33). The number of halogens is 2. The highest BCUT2D eigenvalue weighted by molar-refractivity contribution is 6.33. The molecular formula is C25H17ClFN5O2. The van der Waals surface area contributed by atoms with E-state index < -0.39 is 17.4 Å². The summed E-state index contributed by atoms with van der Waals surface area (Å²) in [4.78, 5) is 35.2. The third-order valence-electron chi connectivity index (χ3n) is 5.39. The number of amides is 1. The van der Waals surface area contributed by atoms with Crippen molar-refractivity contribution in [3.63, 3.8) is 0 Å². The molecule has 168 valence electrons. The average molecular weight is 474 g/mol. The average Bonchev–Trinajstić information content (AvgIpc) is 3.11. The van der Waals surface area contributed by atoms with Crippen LogP contribution in [0, 0.1) is 5.82 Å². The van der Waals surface area contributed by atoms with Crippen LogP contribution in [0.2, 0.25) is 5.02 Å². The summed E-state index contributed by atoms with van der Waals surface area (Å²) in [6.45, 7) is 0.152. The molecule has 0 radical (unpaired) electrons. The molecule has 3 aromatic carbocycles. The molecule has 0 aliphatic carbocycles. The number of nitrogens with two attached hydrogens (primary N) is 1. The van der Waals surface area contributed by atoms with Gasteiger partial charge in [-0.1, -0.05) is 54.1 Å². The van der Waals surface area contributed by atoms with Crippen LogP contribution in [0.3, 0.4) is 0 Å². The van der Waals surface area contributed by atoms with Gasteiger partial charge in [-0.05, 0) is 42.0 Å². The number of hydrogen-bond donors (Lipinski definition) is 1. The zero-order valence-corrected chi connectivity index (χ0v) is 18.4. The van der Waals surface area contributed by atoms with Crippen molar-refractivity contribution >= 4 is 28.7 Å². The first-order valence-electron chi connectivity index (χ1n) is 10.3. The zero-order valence-electron chi connectivity index (χ0n) is 17.7. The van der Waals surface area contributed by atoms with Gasteiger partial charge in [-0.2, -0.15) is 0 Å². The lowest BCUT2D eigenvalue weighted by Gasteiger charge is -2.09. The van der Waals surface area contributed by atoms with Crippen LogP contribution in [0.25, 0.3) is 28.2 Å². The van der Waals surface area contributed by atoms with E-state index in [2.05, 4.69) is 9.97 Å². The molecule has 5 aromatic rings. The van der Waals surface area contributed by atoms with Crippen molar-refractivity contribution in [2.45, 2.75) is 6.54 Å². The zero-order chi connectivity index (χ0) is 23.8. The Bertz CT molecular complexity index is 1590. The van der Waals surface area contributed by atoms with Crippen LogP contribution in [0.15, 0.2) is 83.7 Å². The first kappa shape index (κ1) is 21.5. The molecule has 5 rings (SSSR count). The van der Waals surface area contributed by atoms with Gasteiger partial charge in [-0.25, -0.2) is 23.7 Å². The Morgan fingerprint density at radius 2 is 1.62 bits per heavy atom. The molecule has 0 saturated carbocycles. The number of nitrogens with zero attached hydrogens (tertiary/aromatic N) is 4. The number of carbonyl (C=O) groups excluding carboxylic acids is 1. The molecule has 2 N–H and O–H groups in total. The molecule has 0 aliphatic heterocycles. The highest BCUT2D eigenvalue weighted by Gasteiger charge is 2.25. The first-order valence-corrected chi connectivity index (χ1v) is 10.7. The molecule has 0 bridgehead atoms. The van der Waals surface area contributed by atoms with Gasteiger partial charge in [0.2, 0.25) is 0 Å². The highest BCUT2D eigenvalue weighted by atomic mass is 35.5. The Balaban J connectivity index is 1.88. The molecule has 0 fully saturated rings. The van der Waals surface area contributed by atoms with Gasteiger partial charge < -0.3 is 5.73 Å². The van der Waals surface area contributed by atoms with Crippen molar-refractivity contribution in [2.24, 2.45) is 5.73 Å². The number of carbonyl (C=O) groups is 1. The van der Waals surface area contributed by atoms with E-state index in [9.17, 15) is 14.0 Å². The lowest BCUT2D eigenvalue weighted by molar-refractivity contribution is 0.0997. The molecular weight excluding hydrogens is 457 g/mol. The summed E-state index contributed by atoms with van der Waals surface area (Å²) in [7, 11) is 0. The minimum atomic E-state index is -0.821. The van der Waals surface area contributed by atoms with Crippen molar-refractivity contribution in [2.75, 3.05) is 0 Å². The summed E-state index contributed by atoms with van der Waals surface area (Å²) in [5.74, 6) is -1.13. The lowest BCUT2D eigenvalue weighted by Crippen LogP contribution is -2.24.